The largest absolute Gasteiger partial charge is 0.481 e. The molecule has 2 saturated heterocycles. The van der Waals surface area contributed by atoms with Crippen LogP contribution in [0.3, 0.4) is 0 Å². The number of hydrogen-bond acceptors (Lipinski definition) is 4. The van der Waals surface area contributed by atoms with Gasteiger partial charge in [-0.05, 0) is 37.4 Å². The first-order valence-electron chi connectivity index (χ1n) is 9.37. The summed E-state index contributed by atoms with van der Waals surface area (Å²) in [5, 5.41) is 10.8. The smallest absolute Gasteiger partial charge is 0.300 e. The van der Waals surface area contributed by atoms with E-state index in [9.17, 15) is 9.59 Å². The van der Waals surface area contributed by atoms with Crippen molar-refractivity contribution in [2.24, 2.45) is 5.92 Å². The maximum absolute atomic E-state index is 12.6. The number of carbonyl (C=O) groups is 3. The van der Waals surface area contributed by atoms with Crippen molar-refractivity contribution >= 4 is 17.8 Å². The van der Waals surface area contributed by atoms with Gasteiger partial charge in [-0.25, -0.2) is 0 Å². The Balaban J connectivity index is 0.000000596. The fourth-order valence-electron chi connectivity index (χ4n) is 3.56. The third-order valence-electron chi connectivity index (χ3n) is 4.86. The summed E-state index contributed by atoms with van der Waals surface area (Å²) in [7, 11) is 1.72. The van der Waals surface area contributed by atoms with Gasteiger partial charge in [0.15, 0.2) is 0 Å². The Morgan fingerprint density at radius 2 is 1.93 bits per heavy atom. The Morgan fingerprint density at radius 3 is 2.52 bits per heavy atom. The minimum Gasteiger partial charge on any atom is -0.481 e. The molecule has 2 aliphatic heterocycles. The van der Waals surface area contributed by atoms with Crippen LogP contribution in [0.15, 0.2) is 30.3 Å². The van der Waals surface area contributed by atoms with Crippen LogP contribution in [0.25, 0.3) is 0 Å². The van der Waals surface area contributed by atoms with Crippen molar-refractivity contribution in [3.05, 3.63) is 35.9 Å². The second-order valence-corrected chi connectivity index (χ2v) is 7.18. The average Bonchev–Trinajstić information content (AvgIpc) is 2.64. The molecule has 2 amide bonds. The Kier molecular flexibility index (Phi) is 7.79. The topological polar surface area (TPSA) is 89.9 Å². The summed E-state index contributed by atoms with van der Waals surface area (Å²) in [6.45, 7) is 3.96. The fourth-order valence-corrected chi connectivity index (χ4v) is 3.56. The van der Waals surface area contributed by atoms with Crippen molar-refractivity contribution < 1.29 is 19.5 Å². The van der Waals surface area contributed by atoms with Crippen molar-refractivity contribution in [3.63, 3.8) is 0 Å². The zero-order chi connectivity index (χ0) is 19.8. The van der Waals surface area contributed by atoms with Crippen molar-refractivity contribution in [1.82, 2.24) is 15.1 Å². The number of nitrogens with one attached hydrogen (secondary N) is 1. The molecule has 3 rings (SSSR count). The number of hydrogen-bond donors (Lipinski definition) is 2. The number of nitrogens with zero attached hydrogens (tertiary/aromatic N) is 2. The molecule has 0 aliphatic carbocycles. The summed E-state index contributed by atoms with van der Waals surface area (Å²) in [4.78, 5) is 37.6. The molecular weight excluding hydrogens is 346 g/mol. The van der Waals surface area contributed by atoms with E-state index in [-0.39, 0.29) is 24.4 Å². The SMILES string of the molecule is CC(=O)O.CN1CC(=O)N(C[C@H]2CCCNC2)[C@@H](Cc2ccccc2)C1=O. The maximum atomic E-state index is 12.6. The van der Waals surface area contributed by atoms with Gasteiger partial charge in [0, 0.05) is 26.9 Å². The van der Waals surface area contributed by atoms with Crippen LogP contribution in [-0.4, -0.2) is 72.0 Å². The number of amides is 2. The summed E-state index contributed by atoms with van der Waals surface area (Å²) in [5.41, 5.74) is 1.10. The molecule has 2 fully saturated rings. The van der Waals surface area contributed by atoms with Crippen LogP contribution in [0.5, 0.6) is 0 Å². The van der Waals surface area contributed by atoms with E-state index in [1.807, 2.05) is 35.2 Å². The molecular formula is C20H29N3O4. The Morgan fingerprint density at radius 1 is 1.26 bits per heavy atom. The zero-order valence-electron chi connectivity index (χ0n) is 16.1. The number of carbonyl (C=O) groups excluding carboxylic acids is 2. The van der Waals surface area contributed by atoms with Gasteiger partial charge in [0.25, 0.3) is 5.97 Å². The van der Waals surface area contributed by atoms with Crippen molar-refractivity contribution in [2.75, 3.05) is 33.2 Å². The van der Waals surface area contributed by atoms with E-state index >= 15 is 0 Å². The second kappa shape index (κ2) is 10.1. The molecule has 2 atom stereocenters. The lowest BCUT2D eigenvalue weighted by Crippen LogP contribution is -2.60. The normalized spacial score (nSPS) is 22.9. The van der Waals surface area contributed by atoms with Crippen LogP contribution >= 0.6 is 0 Å². The van der Waals surface area contributed by atoms with E-state index in [0.717, 1.165) is 38.4 Å². The molecule has 0 aromatic heterocycles. The quantitative estimate of drug-likeness (QED) is 0.819. The first kappa shape index (κ1) is 20.9. The molecule has 0 saturated carbocycles. The predicted molar refractivity (Wildman–Crippen MR) is 102 cm³/mol. The number of piperazine rings is 1. The highest BCUT2D eigenvalue weighted by Crippen LogP contribution is 2.20. The number of benzene rings is 1. The molecule has 2 heterocycles. The average molecular weight is 375 g/mol. The molecule has 2 N–H and O–H groups in total. The van der Waals surface area contributed by atoms with E-state index in [1.165, 1.54) is 0 Å². The molecule has 2 aliphatic rings. The minimum absolute atomic E-state index is 0.0530. The van der Waals surface area contributed by atoms with Gasteiger partial charge in [0.1, 0.15) is 6.04 Å². The van der Waals surface area contributed by atoms with Gasteiger partial charge in [-0.15, -0.1) is 0 Å². The van der Waals surface area contributed by atoms with Crippen LogP contribution in [0, 0.1) is 5.92 Å². The zero-order valence-corrected chi connectivity index (χ0v) is 16.1. The molecule has 0 spiro atoms. The Bertz CT molecular complexity index is 640. The van der Waals surface area contributed by atoms with Gasteiger partial charge in [0.05, 0.1) is 6.54 Å². The first-order chi connectivity index (χ1) is 12.9. The lowest BCUT2D eigenvalue weighted by molar-refractivity contribution is -0.155. The van der Waals surface area contributed by atoms with Gasteiger partial charge >= 0.3 is 0 Å². The Labute approximate surface area is 160 Å². The van der Waals surface area contributed by atoms with Crippen LogP contribution < -0.4 is 5.32 Å². The van der Waals surface area contributed by atoms with Crippen molar-refractivity contribution in [1.29, 1.82) is 0 Å². The van der Waals surface area contributed by atoms with Gasteiger partial charge < -0.3 is 20.2 Å². The predicted octanol–water partition coefficient (Wildman–Crippen LogP) is 0.989. The monoisotopic (exact) mass is 375 g/mol. The molecule has 1 aromatic rings. The van der Waals surface area contributed by atoms with Crippen LogP contribution in [-0.2, 0) is 20.8 Å². The van der Waals surface area contributed by atoms with E-state index in [0.29, 0.717) is 18.9 Å². The van der Waals surface area contributed by atoms with E-state index in [2.05, 4.69) is 5.32 Å². The second-order valence-electron chi connectivity index (χ2n) is 7.18. The van der Waals surface area contributed by atoms with E-state index < -0.39 is 5.97 Å². The molecule has 148 valence electrons. The van der Waals surface area contributed by atoms with Crippen LogP contribution in [0.1, 0.15) is 25.3 Å². The molecule has 7 nitrogen and oxygen atoms in total. The van der Waals surface area contributed by atoms with Gasteiger partial charge in [-0.2, -0.15) is 0 Å². The number of likely N-dealkylation sites (N-methyl/N-ethyl adjacent to an activating group) is 1. The van der Waals surface area contributed by atoms with Crippen molar-refractivity contribution in [2.45, 2.75) is 32.2 Å². The standard InChI is InChI=1S/C18H25N3O2.C2H4O2/c1-20-13-17(22)21(12-15-8-5-9-19-11-15)16(18(20)23)10-14-6-3-2-4-7-14;1-2(3)4/h2-4,6-7,15-16,19H,5,8-13H2,1H3;1H3,(H,3,4)/t15-,16-;/m0./s1. The number of carboxylic acid groups (broad SMARTS) is 1. The maximum Gasteiger partial charge on any atom is 0.300 e. The van der Waals surface area contributed by atoms with Gasteiger partial charge in [0.2, 0.25) is 11.8 Å². The number of aliphatic carboxylic acids is 1. The van der Waals surface area contributed by atoms with Gasteiger partial charge in [-0.3, -0.25) is 14.4 Å². The van der Waals surface area contributed by atoms with E-state index in [1.54, 1.807) is 11.9 Å². The summed E-state index contributed by atoms with van der Waals surface area (Å²) in [6.07, 6.45) is 2.86. The minimum atomic E-state index is -0.833. The third kappa shape index (κ3) is 6.36. The molecule has 7 heteroatoms. The van der Waals surface area contributed by atoms with Crippen LogP contribution in [0.2, 0.25) is 0 Å². The highest BCUT2D eigenvalue weighted by atomic mass is 16.4. The molecule has 1 aromatic carbocycles. The lowest BCUT2D eigenvalue weighted by atomic mass is 9.95. The van der Waals surface area contributed by atoms with Crippen LogP contribution in [0.4, 0.5) is 0 Å². The number of rotatable bonds is 4. The Hall–Kier alpha value is -2.41. The van der Waals surface area contributed by atoms with Crippen molar-refractivity contribution in [3.8, 4) is 0 Å². The summed E-state index contributed by atoms with van der Waals surface area (Å²) in [6, 6.07) is 9.59. The highest BCUT2D eigenvalue weighted by Gasteiger charge is 2.38. The highest BCUT2D eigenvalue weighted by molar-refractivity contribution is 5.94. The molecule has 0 bridgehead atoms. The summed E-state index contributed by atoms with van der Waals surface area (Å²) >= 11 is 0. The van der Waals surface area contributed by atoms with Gasteiger partial charge in [-0.1, -0.05) is 30.3 Å². The molecule has 0 unspecified atom stereocenters. The summed E-state index contributed by atoms with van der Waals surface area (Å²) < 4.78 is 0. The summed E-state index contributed by atoms with van der Waals surface area (Å²) in [5.74, 6) is -0.266. The number of piperidine rings is 1. The lowest BCUT2D eigenvalue weighted by Gasteiger charge is -2.41. The molecule has 0 radical (unpaired) electrons. The fraction of sp³-hybridized carbons (Fsp3) is 0.550. The molecule has 27 heavy (non-hydrogen) atoms. The third-order valence-corrected chi connectivity index (χ3v) is 4.86. The number of carboxylic acids is 1. The van der Waals surface area contributed by atoms with E-state index in [4.69, 9.17) is 9.90 Å². The first-order valence-corrected chi connectivity index (χ1v) is 9.37.